The van der Waals surface area contributed by atoms with Gasteiger partial charge in [-0.2, -0.15) is 0 Å². The number of hydrogen-bond acceptors (Lipinski definition) is 5. The second-order valence-electron chi connectivity index (χ2n) is 10.9. The van der Waals surface area contributed by atoms with Crippen LogP contribution in [0.4, 0.5) is 0 Å². The van der Waals surface area contributed by atoms with Crippen LogP contribution in [0, 0.1) is 0 Å². The van der Waals surface area contributed by atoms with Crippen LogP contribution in [0.1, 0.15) is 35.6 Å². The minimum atomic E-state index is -3.57. The van der Waals surface area contributed by atoms with Crippen LogP contribution in [-0.2, 0) is 45.4 Å². The van der Waals surface area contributed by atoms with E-state index in [2.05, 4.69) is 10.0 Å². The van der Waals surface area contributed by atoms with Gasteiger partial charge < -0.3 is 15.0 Å². The summed E-state index contributed by atoms with van der Waals surface area (Å²) in [6.07, 6.45) is 1.48. The van der Waals surface area contributed by atoms with Crippen LogP contribution < -0.4 is 14.8 Å². The number of methoxy groups -OCH3 is 1. The Bertz CT molecular complexity index is 1660. The molecule has 4 rings (SSSR count). The molecule has 1 atom stereocenters. The van der Waals surface area contributed by atoms with Crippen molar-refractivity contribution in [2.45, 2.75) is 50.1 Å². The van der Waals surface area contributed by atoms with E-state index in [-0.39, 0.29) is 29.7 Å². The molecular weight excluding hydrogens is 622 g/mol. The van der Waals surface area contributed by atoms with Crippen molar-refractivity contribution in [1.82, 2.24) is 14.9 Å². The van der Waals surface area contributed by atoms with E-state index in [0.717, 1.165) is 28.0 Å². The first-order chi connectivity index (χ1) is 22.2. The van der Waals surface area contributed by atoms with Crippen molar-refractivity contribution in [3.63, 3.8) is 0 Å². The lowest BCUT2D eigenvalue weighted by molar-refractivity contribution is -0.141. The molecule has 46 heavy (non-hydrogen) atoms. The largest absolute Gasteiger partial charge is 0.497 e. The number of aryl methyl sites for hydroxylation is 1. The van der Waals surface area contributed by atoms with Crippen molar-refractivity contribution in [2.24, 2.45) is 0 Å². The monoisotopic (exact) mass is 661 g/mol. The average Bonchev–Trinajstić information content (AvgIpc) is 3.07. The van der Waals surface area contributed by atoms with Crippen LogP contribution in [0.25, 0.3) is 0 Å². The van der Waals surface area contributed by atoms with Gasteiger partial charge in [-0.05, 0) is 71.5 Å². The van der Waals surface area contributed by atoms with E-state index in [4.69, 9.17) is 16.3 Å². The molecule has 0 saturated carbocycles. The van der Waals surface area contributed by atoms with Crippen LogP contribution >= 0.6 is 11.6 Å². The van der Waals surface area contributed by atoms with Gasteiger partial charge in [0.05, 0.1) is 12.0 Å². The Morgan fingerprint density at radius 1 is 0.804 bits per heavy atom. The van der Waals surface area contributed by atoms with Gasteiger partial charge in [0.2, 0.25) is 21.8 Å². The van der Waals surface area contributed by atoms with Crippen molar-refractivity contribution in [3.05, 3.63) is 130 Å². The summed E-state index contributed by atoms with van der Waals surface area (Å²) in [5, 5.41) is 3.65. The topological polar surface area (TPSA) is 105 Å². The van der Waals surface area contributed by atoms with Gasteiger partial charge in [0.15, 0.2) is 0 Å². The zero-order valence-electron chi connectivity index (χ0n) is 26.1. The molecule has 2 N–H and O–H groups in total. The summed E-state index contributed by atoms with van der Waals surface area (Å²) < 4.78 is 32.4. The second kappa shape index (κ2) is 16.9. The number of benzene rings is 4. The van der Waals surface area contributed by atoms with Gasteiger partial charge in [-0.15, -0.1) is 0 Å². The van der Waals surface area contributed by atoms with Crippen molar-refractivity contribution in [1.29, 1.82) is 0 Å². The highest BCUT2D eigenvalue weighted by molar-refractivity contribution is 7.89. The number of carbonyl (C=O) groups is 2. The third kappa shape index (κ3) is 10.2. The highest BCUT2D eigenvalue weighted by atomic mass is 35.5. The summed E-state index contributed by atoms with van der Waals surface area (Å²) in [6.45, 7) is 2.64. The zero-order valence-corrected chi connectivity index (χ0v) is 27.7. The summed E-state index contributed by atoms with van der Waals surface area (Å²) in [6, 6.07) is 30.3. The molecule has 0 heterocycles. The SMILES string of the molecule is CCNS(=O)(=O)c1ccc(CCC(=O)N(Cc2ccc(Cl)cc2)[C@H](Cc2ccccc2)C(=O)NCCc2ccc(OC)cc2)cc1. The lowest BCUT2D eigenvalue weighted by atomic mass is 10.0. The van der Waals surface area contributed by atoms with E-state index >= 15 is 0 Å². The molecule has 0 aliphatic carbocycles. The molecule has 0 saturated heterocycles. The Kier molecular flexibility index (Phi) is 12.8. The Hall–Kier alpha value is -4.18. The molecule has 4 aromatic rings. The number of nitrogens with zero attached hydrogens (tertiary/aromatic N) is 1. The van der Waals surface area contributed by atoms with E-state index in [1.165, 1.54) is 12.1 Å². The Balaban J connectivity index is 1.55. The number of ether oxygens (including phenoxy) is 1. The Morgan fingerprint density at radius 2 is 1.41 bits per heavy atom. The highest BCUT2D eigenvalue weighted by Gasteiger charge is 2.30. The number of nitrogens with one attached hydrogen (secondary N) is 2. The summed E-state index contributed by atoms with van der Waals surface area (Å²) >= 11 is 6.14. The van der Waals surface area contributed by atoms with E-state index in [1.54, 1.807) is 43.2 Å². The second-order valence-corrected chi connectivity index (χ2v) is 13.1. The van der Waals surface area contributed by atoms with Crippen LogP contribution in [0.15, 0.2) is 108 Å². The zero-order chi connectivity index (χ0) is 32.9. The Morgan fingerprint density at radius 3 is 2.04 bits per heavy atom. The lowest BCUT2D eigenvalue weighted by Gasteiger charge is -2.32. The quantitative estimate of drug-likeness (QED) is 0.163. The molecule has 0 aromatic heterocycles. The highest BCUT2D eigenvalue weighted by Crippen LogP contribution is 2.19. The Labute approximate surface area is 276 Å². The van der Waals surface area contributed by atoms with Crippen molar-refractivity contribution in [3.8, 4) is 5.75 Å². The minimum absolute atomic E-state index is 0.136. The first-order valence-electron chi connectivity index (χ1n) is 15.3. The fraction of sp³-hybridized carbons (Fsp3) is 0.278. The van der Waals surface area contributed by atoms with Gasteiger partial charge in [0, 0.05) is 37.5 Å². The molecule has 0 aliphatic rings. The molecule has 0 aliphatic heterocycles. The van der Waals surface area contributed by atoms with Gasteiger partial charge in [-0.3, -0.25) is 9.59 Å². The fourth-order valence-electron chi connectivity index (χ4n) is 5.08. The van der Waals surface area contributed by atoms with E-state index in [1.807, 2.05) is 66.7 Å². The predicted octanol–water partition coefficient (Wildman–Crippen LogP) is 5.58. The van der Waals surface area contributed by atoms with Gasteiger partial charge >= 0.3 is 0 Å². The molecule has 10 heteroatoms. The van der Waals surface area contributed by atoms with Crippen LogP contribution in [0.3, 0.4) is 0 Å². The standard InChI is InChI=1S/C36H40ClN3O5S/c1-3-39-46(43,44)33-20-13-27(14-21-33)15-22-35(41)40(26-30-9-16-31(37)17-10-30)34(25-29-7-5-4-6-8-29)36(42)38-24-23-28-11-18-32(45-2)19-12-28/h4-14,16-21,34,39H,3,15,22-26H2,1-2H3,(H,38,42)/t34-/m1/s1. The van der Waals surface area contributed by atoms with E-state index in [0.29, 0.717) is 37.4 Å². The molecule has 0 fully saturated rings. The fourth-order valence-corrected chi connectivity index (χ4v) is 6.25. The van der Waals surface area contributed by atoms with E-state index < -0.39 is 16.1 Å². The van der Waals surface area contributed by atoms with Crippen LogP contribution in [0.5, 0.6) is 5.75 Å². The summed E-state index contributed by atoms with van der Waals surface area (Å²) in [4.78, 5) is 29.7. The number of hydrogen-bond donors (Lipinski definition) is 2. The maximum Gasteiger partial charge on any atom is 0.243 e. The minimum Gasteiger partial charge on any atom is -0.497 e. The third-order valence-corrected chi connectivity index (χ3v) is 9.42. The molecule has 0 radical (unpaired) electrons. The number of sulfonamides is 1. The third-order valence-electron chi connectivity index (χ3n) is 7.60. The normalized spacial score (nSPS) is 11.9. The van der Waals surface area contributed by atoms with Crippen molar-refractivity contribution in [2.75, 3.05) is 20.2 Å². The lowest BCUT2D eigenvalue weighted by Crippen LogP contribution is -2.50. The first-order valence-corrected chi connectivity index (χ1v) is 17.1. The molecule has 4 aromatic carbocycles. The smallest absolute Gasteiger partial charge is 0.243 e. The molecule has 242 valence electrons. The number of carbonyl (C=O) groups excluding carboxylic acids is 2. The molecule has 2 amide bonds. The molecule has 0 spiro atoms. The summed E-state index contributed by atoms with van der Waals surface area (Å²) in [5.74, 6) is 0.338. The average molecular weight is 662 g/mol. The number of halogens is 1. The maximum atomic E-state index is 14.0. The van der Waals surface area contributed by atoms with Crippen molar-refractivity contribution < 1.29 is 22.7 Å². The van der Waals surface area contributed by atoms with Crippen molar-refractivity contribution >= 4 is 33.4 Å². The first kappa shape index (κ1) is 34.7. The van der Waals surface area contributed by atoms with Gasteiger partial charge in [-0.25, -0.2) is 13.1 Å². The molecule has 8 nitrogen and oxygen atoms in total. The predicted molar refractivity (Wildman–Crippen MR) is 181 cm³/mol. The summed E-state index contributed by atoms with van der Waals surface area (Å²) in [7, 11) is -1.95. The van der Waals surface area contributed by atoms with E-state index in [9.17, 15) is 18.0 Å². The number of rotatable bonds is 16. The summed E-state index contributed by atoms with van der Waals surface area (Å²) in [5.41, 5.74) is 3.65. The van der Waals surface area contributed by atoms with Crippen LogP contribution in [-0.4, -0.2) is 51.4 Å². The molecule has 0 unspecified atom stereocenters. The molecule has 0 bridgehead atoms. The van der Waals surface area contributed by atoms with Gasteiger partial charge in [0.1, 0.15) is 11.8 Å². The van der Waals surface area contributed by atoms with Crippen LogP contribution in [0.2, 0.25) is 5.02 Å². The van der Waals surface area contributed by atoms with Gasteiger partial charge in [-0.1, -0.05) is 85.3 Å². The molecular formula is C36H40ClN3O5S. The van der Waals surface area contributed by atoms with Gasteiger partial charge in [0.25, 0.3) is 0 Å². The maximum absolute atomic E-state index is 14.0. The number of amides is 2.